The normalized spacial score (nSPS) is 31.6. The van der Waals surface area contributed by atoms with Gasteiger partial charge in [-0.05, 0) is 53.4 Å². The monoisotopic (exact) mass is 292 g/mol. The molecule has 6 heteroatoms. The molecule has 0 aromatic carbocycles. The van der Waals surface area contributed by atoms with Gasteiger partial charge in [0, 0.05) is 17.9 Å². The van der Waals surface area contributed by atoms with E-state index in [0.717, 1.165) is 31.1 Å². The predicted molar refractivity (Wildman–Crippen MR) is 81.5 cm³/mol. The molecular formula is C15H25BN2O3. The second-order valence-corrected chi connectivity index (χ2v) is 7.30. The molecular weight excluding hydrogens is 267 g/mol. The molecule has 0 bridgehead atoms. The van der Waals surface area contributed by atoms with Crippen molar-refractivity contribution in [3.8, 4) is 0 Å². The van der Waals surface area contributed by atoms with Gasteiger partial charge in [0.2, 0.25) is 0 Å². The largest absolute Gasteiger partial charge is 0.498 e. The third-order valence-electron chi connectivity index (χ3n) is 5.19. The Morgan fingerprint density at radius 2 is 1.71 bits per heavy atom. The van der Waals surface area contributed by atoms with Crippen molar-refractivity contribution in [1.29, 1.82) is 0 Å². The Bertz CT molecular complexity index is 491. The van der Waals surface area contributed by atoms with Gasteiger partial charge in [0.25, 0.3) is 0 Å². The summed E-state index contributed by atoms with van der Waals surface area (Å²) in [7, 11) is -0.349. The van der Waals surface area contributed by atoms with Gasteiger partial charge in [0.15, 0.2) is 0 Å². The Morgan fingerprint density at radius 3 is 2.29 bits per heavy atom. The van der Waals surface area contributed by atoms with Crippen molar-refractivity contribution in [2.75, 3.05) is 0 Å². The molecule has 1 aliphatic heterocycles. The van der Waals surface area contributed by atoms with Crippen LogP contribution in [0.1, 0.15) is 59.4 Å². The van der Waals surface area contributed by atoms with Crippen LogP contribution in [0.15, 0.2) is 12.4 Å². The number of nitrogens with zero attached hydrogens (tertiary/aromatic N) is 2. The van der Waals surface area contributed by atoms with Crippen LogP contribution in [0.2, 0.25) is 0 Å². The van der Waals surface area contributed by atoms with Gasteiger partial charge in [-0.3, -0.25) is 4.68 Å². The van der Waals surface area contributed by atoms with Crippen LogP contribution in [0.3, 0.4) is 0 Å². The molecule has 1 saturated carbocycles. The van der Waals surface area contributed by atoms with Crippen LogP contribution in [0.4, 0.5) is 0 Å². The summed E-state index contributed by atoms with van der Waals surface area (Å²) < 4.78 is 14.1. The zero-order valence-corrected chi connectivity index (χ0v) is 13.4. The van der Waals surface area contributed by atoms with Gasteiger partial charge in [-0.2, -0.15) is 5.10 Å². The number of rotatable bonds is 2. The number of hydrogen-bond acceptors (Lipinski definition) is 4. The quantitative estimate of drug-likeness (QED) is 0.842. The van der Waals surface area contributed by atoms with E-state index < -0.39 is 0 Å². The molecule has 0 spiro atoms. The Hall–Kier alpha value is -0.845. The van der Waals surface area contributed by atoms with Crippen LogP contribution in [-0.4, -0.2) is 39.3 Å². The number of aliphatic hydroxyl groups excluding tert-OH is 1. The van der Waals surface area contributed by atoms with Crippen molar-refractivity contribution >= 4 is 12.6 Å². The first kappa shape index (κ1) is 15.1. The number of aliphatic hydroxyl groups is 1. The summed E-state index contributed by atoms with van der Waals surface area (Å²) in [6, 6.07) is 0.379. The maximum atomic E-state index is 9.60. The minimum atomic E-state index is -0.349. The molecule has 5 nitrogen and oxygen atoms in total. The van der Waals surface area contributed by atoms with Crippen LogP contribution >= 0.6 is 0 Å². The summed E-state index contributed by atoms with van der Waals surface area (Å²) in [6.07, 6.45) is 7.40. The van der Waals surface area contributed by atoms with Gasteiger partial charge >= 0.3 is 7.12 Å². The summed E-state index contributed by atoms with van der Waals surface area (Å²) in [5, 5.41) is 14.1. The fraction of sp³-hybridized carbons (Fsp3) is 0.800. The molecule has 1 N–H and O–H groups in total. The van der Waals surface area contributed by atoms with E-state index in [1.54, 1.807) is 0 Å². The lowest BCUT2D eigenvalue weighted by atomic mass is 9.82. The highest BCUT2D eigenvalue weighted by Crippen LogP contribution is 2.36. The van der Waals surface area contributed by atoms with E-state index in [0.29, 0.717) is 6.04 Å². The van der Waals surface area contributed by atoms with Crippen LogP contribution in [0.25, 0.3) is 0 Å². The summed E-state index contributed by atoms with van der Waals surface area (Å²) in [4.78, 5) is 0. The molecule has 0 atom stereocenters. The van der Waals surface area contributed by atoms with E-state index in [4.69, 9.17) is 9.31 Å². The highest BCUT2D eigenvalue weighted by Gasteiger charge is 2.52. The highest BCUT2D eigenvalue weighted by molar-refractivity contribution is 6.61. The zero-order valence-electron chi connectivity index (χ0n) is 13.4. The minimum Gasteiger partial charge on any atom is -0.399 e. The molecule has 1 aliphatic carbocycles. The van der Waals surface area contributed by atoms with Gasteiger partial charge in [0.05, 0.1) is 23.3 Å². The van der Waals surface area contributed by atoms with Gasteiger partial charge in [-0.15, -0.1) is 0 Å². The molecule has 21 heavy (non-hydrogen) atoms. The summed E-state index contributed by atoms with van der Waals surface area (Å²) in [5.41, 5.74) is 0.323. The molecule has 0 amide bonds. The topological polar surface area (TPSA) is 56.5 Å². The Balaban J connectivity index is 1.71. The minimum absolute atomic E-state index is 0.139. The van der Waals surface area contributed by atoms with E-state index in [1.807, 2.05) is 17.1 Å². The number of aromatic nitrogens is 2. The maximum absolute atomic E-state index is 9.60. The average Bonchev–Trinajstić information content (AvgIpc) is 2.94. The fourth-order valence-corrected chi connectivity index (χ4v) is 2.98. The molecule has 0 unspecified atom stereocenters. The van der Waals surface area contributed by atoms with E-state index in [2.05, 4.69) is 32.8 Å². The molecule has 116 valence electrons. The first-order chi connectivity index (χ1) is 9.78. The molecule has 2 heterocycles. The van der Waals surface area contributed by atoms with E-state index in [1.165, 1.54) is 0 Å². The molecule has 2 aliphatic rings. The van der Waals surface area contributed by atoms with Crippen LogP contribution in [-0.2, 0) is 9.31 Å². The Morgan fingerprint density at radius 1 is 1.14 bits per heavy atom. The van der Waals surface area contributed by atoms with Crippen LogP contribution < -0.4 is 5.46 Å². The first-order valence-corrected chi connectivity index (χ1v) is 7.86. The van der Waals surface area contributed by atoms with Crippen LogP contribution in [0.5, 0.6) is 0 Å². The molecule has 1 saturated heterocycles. The van der Waals surface area contributed by atoms with Crippen molar-refractivity contribution in [2.45, 2.75) is 76.7 Å². The van der Waals surface area contributed by atoms with Crippen LogP contribution in [0, 0.1) is 0 Å². The van der Waals surface area contributed by atoms with Gasteiger partial charge < -0.3 is 14.4 Å². The standard InChI is InChI=1S/C15H25BN2O3/c1-14(2)15(3,4)21-16(20-14)11-9-17-18(10-11)12-5-7-13(19)8-6-12/h9-10,12-13,19H,5-8H2,1-4H3. The maximum Gasteiger partial charge on any atom is 0.498 e. The SMILES string of the molecule is CC1(C)OB(c2cnn(C3CCC(O)CC3)c2)OC1(C)C. The van der Waals surface area contributed by atoms with E-state index in [-0.39, 0.29) is 24.4 Å². The third-order valence-corrected chi connectivity index (χ3v) is 5.19. The summed E-state index contributed by atoms with van der Waals surface area (Å²) in [5.74, 6) is 0. The van der Waals surface area contributed by atoms with Gasteiger partial charge in [-0.25, -0.2) is 0 Å². The van der Waals surface area contributed by atoms with E-state index >= 15 is 0 Å². The lowest BCUT2D eigenvalue weighted by Gasteiger charge is -2.32. The lowest BCUT2D eigenvalue weighted by Crippen LogP contribution is -2.41. The van der Waals surface area contributed by atoms with Crippen molar-refractivity contribution in [3.05, 3.63) is 12.4 Å². The molecule has 1 aromatic heterocycles. The fourth-order valence-electron chi connectivity index (χ4n) is 2.98. The summed E-state index contributed by atoms with van der Waals surface area (Å²) >= 11 is 0. The highest BCUT2D eigenvalue weighted by atomic mass is 16.7. The Kier molecular flexibility index (Phi) is 3.67. The number of hydrogen-bond donors (Lipinski definition) is 1. The Labute approximate surface area is 126 Å². The smallest absolute Gasteiger partial charge is 0.399 e. The zero-order chi connectivity index (χ0) is 15.3. The molecule has 1 aromatic rings. The van der Waals surface area contributed by atoms with Crippen molar-refractivity contribution in [3.63, 3.8) is 0 Å². The van der Waals surface area contributed by atoms with Crippen molar-refractivity contribution < 1.29 is 14.4 Å². The summed E-state index contributed by atoms with van der Waals surface area (Å²) in [6.45, 7) is 8.22. The molecule has 2 fully saturated rings. The third kappa shape index (κ3) is 2.76. The molecule has 0 radical (unpaired) electrons. The van der Waals surface area contributed by atoms with Gasteiger partial charge in [-0.1, -0.05) is 0 Å². The van der Waals surface area contributed by atoms with Gasteiger partial charge in [0.1, 0.15) is 0 Å². The first-order valence-electron chi connectivity index (χ1n) is 7.86. The van der Waals surface area contributed by atoms with Crippen molar-refractivity contribution in [2.24, 2.45) is 0 Å². The second-order valence-electron chi connectivity index (χ2n) is 7.30. The second kappa shape index (κ2) is 5.11. The lowest BCUT2D eigenvalue weighted by molar-refractivity contribution is 0.00578. The average molecular weight is 292 g/mol. The predicted octanol–water partition coefficient (Wildman–Crippen LogP) is 1.66. The van der Waals surface area contributed by atoms with E-state index in [9.17, 15) is 5.11 Å². The van der Waals surface area contributed by atoms with Crippen molar-refractivity contribution in [1.82, 2.24) is 9.78 Å². The molecule has 3 rings (SSSR count).